The van der Waals surface area contributed by atoms with E-state index in [1.165, 1.54) is 0 Å². The molecule has 0 aliphatic heterocycles. The maximum absolute atomic E-state index is 11.5. The summed E-state index contributed by atoms with van der Waals surface area (Å²) < 4.78 is 0. The fourth-order valence-corrected chi connectivity index (χ4v) is 1.32. The maximum atomic E-state index is 11.5. The first-order chi connectivity index (χ1) is 8.11. The van der Waals surface area contributed by atoms with E-state index in [0.717, 1.165) is 12.1 Å². The number of hydrogen-bond donors (Lipinski definition) is 3. The lowest BCUT2D eigenvalue weighted by Gasteiger charge is -2.11. The van der Waals surface area contributed by atoms with Crippen LogP contribution in [-0.2, 0) is 4.79 Å². The summed E-state index contributed by atoms with van der Waals surface area (Å²) in [5.41, 5.74) is 7.04. The third kappa shape index (κ3) is 5.19. The molecule has 17 heavy (non-hydrogen) atoms. The molecular weight excluding hydrogens is 216 g/mol. The average molecular weight is 236 g/mol. The van der Waals surface area contributed by atoms with Gasteiger partial charge in [-0.15, -0.1) is 0 Å². The van der Waals surface area contributed by atoms with E-state index < -0.39 is 0 Å². The molecule has 5 nitrogen and oxygen atoms in total. The van der Waals surface area contributed by atoms with Gasteiger partial charge in [0.2, 0.25) is 5.91 Å². The van der Waals surface area contributed by atoms with Gasteiger partial charge in [-0.3, -0.25) is 9.78 Å². The zero-order valence-electron chi connectivity index (χ0n) is 10.4. The van der Waals surface area contributed by atoms with Gasteiger partial charge in [0.1, 0.15) is 0 Å². The number of nitrogens with zero attached hydrogens (tertiary/aromatic N) is 1. The lowest BCUT2D eigenvalue weighted by atomic mass is 10.2. The Morgan fingerprint density at radius 3 is 2.94 bits per heavy atom. The van der Waals surface area contributed by atoms with Gasteiger partial charge in [0.15, 0.2) is 0 Å². The van der Waals surface area contributed by atoms with Gasteiger partial charge in [0.25, 0.3) is 0 Å². The van der Waals surface area contributed by atoms with Crippen LogP contribution in [0.4, 0.5) is 11.4 Å². The van der Waals surface area contributed by atoms with Crippen molar-refractivity contribution in [1.29, 1.82) is 0 Å². The van der Waals surface area contributed by atoms with Gasteiger partial charge in [-0.25, -0.2) is 0 Å². The first-order valence-electron chi connectivity index (χ1n) is 5.85. The van der Waals surface area contributed by atoms with Crippen LogP contribution in [0.1, 0.15) is 26.7 Å². The summed E-state index contributed by atoms with van der Waals surface area (Å²) in [5, 5.41) is 6.01. The summed E-state index contributed by atoms with van der Waals surface area (Å²) >= 11 is 0. The van der Waals surface area contributed by atoms with Crippen LogP contribution in [0, 0.1) is 0 Å². The van der Waals surface area contributed by atoms with Crippen molar-refractivity contribution >= 4 is 17.3 Å². The highest BCUT2D eigenvalue weighted by Gasteiger charge is 2.04. The molecule has 0 saturated heterocycles. The minimum atomic E-state index is 0.0590. The minimum absolute atomic E-state index is 0.0590. The molecule has 1 unspecified atom stereocenters. The van der Waals surface area contributed by atoms with Crippen molar-refractivity contribution in [2.75, 3.05) is 17.6 Å². The number of pyridine rings is 1. The zero-order valence-corrected chi connectivity index (χ0v) is 10.4. The Labute approximate surface area is 102 Å². The number of hydrogen-bond acceptors (Lipinski definition) is 4. The number of nitrogens with two attached hydrogens (primary N) is 1. The van der Waals surface area contributed by atoms with Crippen LogP contribution < -0.4 is 16.4 Å². The number of carbonyl (C=O) groups excluding carboxylic acids is 1. The van der Waals surface area contributed by atoms with Gasteiger partial charge >= 0.3 is 0 Å². The highest BCUT2D eigenvalue weighted by atomic mass is 16.1. The van der Waals surface area contributed by atoms with Crippen LogP contribution in [0.2, 0.25) is 0 Å². The molecule has 0 spiro atoms. The summed E-state index contributed by atoms with van der Waals surface area (Å²) in [5.74, 6) is 0.0590. The Morgan fingerprint density at radius 1 is 1.53 bits per heavy atom. The Balaban J connectivity index is 2.26. The van der Waals surface area contributed by atoms with E-state index in [0.29, 0.717) is 18.7 Å². The van der Waals surface area contributed by atoms with Gasteiger partial charge in [-0.2, -0.15) is 0 Å². The number of rotatable bonds is 6. The van der Waals surface area contributed by atoms with E-state index in [9.17, 15) is 4.79 Å². The molecule has 1 aromatic rings. The van der Waals surface area contributed by atoms with Crippen LogP contribution in [-0.4, -0.2) is 23.5 Å². The number of anilines is 2. The molecule has 1 atom stereocenters. The van der Waals surface area contributed by atoms with Gasteiger partial charge in [-0.1, -0.05) is 6.92 Å². The quantitative estimate of drug-likeness (QED) is 0.697. The molecule has 0 bridgehead atoms. The first-order valence-corrected chi connectivity index (χ1v) is 5.85. The molecule has 1 amide bonds. The molecule has 5 heteroatoms. The third-order valence-electron chi connectivity index (χ3n) is 2.46. The van der Waals surface area contributed by atoms with E-state index in [-0.39, 0.29) is 11.9 Å². The van der Waals surface area contributed by atoms with Crippen molar-refractivity contribution in [3.8, 4) is 0 Å². The summed E-state index contributed by atoms with van der Waals surface area (Å²) in [7, 11) is 0. The summed E-state index contributed by atoms with van der Waals surface area (Å²) in [6.45, 7) is 4.61. The maximum Gasteiger partial charge on any atom is 0.221 e. The monoisotopic (exact) mass is 236 g/mol. The number of nitrogen functional groups attached to an aromatic ring is 1. The molecule has 0 aliphatic rings. The zero-order chi connectivity index (χ0) is 12.7. The molecule has 94 valence electrons. The highest BCUT2D eigenvalue weighted by molar-refractivity contribution is 5.76. The molecule has 0 fully saturated rings. The summed E-state index contributed by atoms with van der Waals surface area (Å²) in [6, 6.07) is 2.02. The summed E-state index contributed by atoms with van der Waals surface area (Å²) in [6.07, 6.45) is 4.65. The van der Waals surface area contributed by atoms with E-state index in [4.69, 9.17) is 5.73 Å². The topological polar surface area (TPSA) is 80.0 Å². The van der Waals surface area contributed by atoms with E-state index in [1.54, 1.807) is 18.5 Å². The largest absolute Gasteiger partial charge is 0.397 e. The molecule has 0 aromatic carbocycles. The van der Waals surface area contributed by atoms with Crippen molar-refractivity contribution in [3.63, 3.8) is 0 Å². The van der Waals surface area contributed by atoms with Crippen molar-refractivity contribution in [1.82, 2.24) is 10.3 Å². The van der Waals surface area contributed by atoms with E-state index >= 15 is 0 Å². The smallest absolute Gasteiger partial charge is 0.221 e. The van der Waals surface area contributed by atoms with Gasteiger partial charge in [0.05, 0.1) is 17.6 Å². The summed E-state index contributed by atoms with van der Waals surface area (Å²) in [4.78, 5) is 15.4. The Kier molecular flexibility index (Phi) is 5.26. The Bertz CT molecular complexity index is 367. The van der Waals surface area contributed by atoms with Crippen LogP contribution >= 0.6 is 0 Å². The molecule has 4 N–H and O–H groups in total. The third-order valence-corrected chi connectivity index (χ3v) is 2.46. The van der Waals surface area contributed by atoms with E-state index in [2.05, 4.69) is 15.6 Å². The molecule has 0 radical (unpaired) electrons. The Hall–Kier alpha value is -1.78. The van der Waals surface area contributed by atoms with Crippen molar-refractivity contribution in [2.24, 2.45) is 0 Å². The van der Waals surface area contributed by atoms with Crippen molar-refractivity contribution in [2.45, 2.75) is 32.7 Å². The highest BCUT2D eigenvalue weighted by Crippen LogP contribution is 2.08. The van der Waals surface area contributed by atoms with E-state index in [1.807, 2.05) is 13.8 Å². The first kappa shape index (κ1) is 13.3. The van der Waals surface area contributed by atoms with Crippen LogP contribution in [0.15, 0.2) is 18.5 Å². The number of nitrogens with one attached hydrogen (secondary N) is 2. The van der Waals surface area contributed by atoms with Gasteiger partial charge in [0, 0.05) is 25.2 Å². The number of aromatic nitrogens is 1. The van der Waals surface area contributed by atoms with Crippen LogP contribution in [0.5, 0.6) is 0 Å². The predicted octanol–water partition coefficient (Wildman–Crippen LogP) is 1.38. The normalized spacial score (nSPS) is 11.9. The predicted molar refractivity (Wildman–Crippen MR) is 69.7 cm³/mol. The SMILES string of the molecule is CCC(C)NC(=O)CCNc1cncc(N)c1. The molecular formula is C12H20N4O. The Morgan fingerprint density at radius 2 is 2.29 bits per heavy atom. The number of amides is 1. The lowest BCUT2D eigenvalue weighted by molar-refractivity contribution is -0.121. The molecule has 1 heterocycles. The lowest BCUT2D eigenvalue weighted by Crippen LogP contribution is -2.32. The second-order valence-electron chi connectivity index (χ2n) is 4.06. The van der Waals surface area contributed by atoms with Crippen molar-refractivity contribution in [3.05, 3.63) is 18.5 Å². The van der Waals surface area contributed by atoms with Crippen molar-refractivity contribution < 1.29 is 4.79 Å². The second kappa shape index (κ2) is 6.73. The molecule has 1 aromatic heterocycles. The fraction of sp³-hybridized carbons (Fsp3) is 0.500. The fourth-order valence-electron chi connectivity index (χ4n) is 1.32. The molecule has 0 saturated carbocycles. The van der Waals surface area contributed by atoms with Crippen LogP contribution in [0.25, 0.3) is 0 Å². The minimum Gasteiger partial charge on any atom is -0.397 e. The van der Waals surface area contributed by atoms with Gasteiger partial charge in [-0.05, 0) is 19.4 Å². The molecule has 1 rings (SSSR count). The second-order valence-corrected chi connectivity index (χ2v) is 4.06. The van der Waals surface area contributed by atoms with Gasteiger partial charge < -0.3 is 16.4 Å². The number of carbonyl (C=O) groups is 1. The molecule has 0 aliphatic carbocycles. The van der Waals surface area contributed by atoms with Crippen LogP contribution in [0.3, 0.4) is 0 Å². The standard InChI is InChI=1S/C12H20N4O/c1-3-9(2)16-12(17)4-5-15-11-6-10(13)7-14-8-11/h6-9,15H,3-5,13H2,1-2H3,(H,16,17). The average Bonchev–Trinajstić information content (AvgIpc) is 2.29.